The van der Waals surface area contributed by atoms with E-state index >= 15 is 0 Å². The van der Waals surface area contributed by atoms with Crippen LogP contribution in [0.5, 0.6) is 0 Å². The van der Waals surface area contributed by atoms with E-state index in [2.05, 4.69) is 10.2 Å². The highest BCUT2D eigenvalue weighted by Crippen LogP contribution is 2.16. The van der Waals surface area contributed by atoms with E-state index in [-0.39, 0.29) is 0 Å². The molecular formula is C9H9N3S. The molecule has 66 valence electrons. The number of nitrogens with zero attached hydrogens (tertiary/aromatic N) is 1. The predicted molar refractivity (Wildman–Crippen MR) is 56.7 cm³/mol. The van der Waals surface area contributed by atoms with Gasteiger partial charge in [-0.2, -0.15) is 5.10 Å². The Kier molecular flexibility index (Phi) is 1.77. The highest BCUT2D eigenvalue weighted by atomic mass is 32.1. The van der Waals surface area contributed by atoms with Crippen molar-refractivity contribution in [2.24, 2.45) is 5.73 Å². The Bertz CT molecular complexity index is 473. The molecule has 0 amide bonds. The van der Waals surface area contributed by atoms with Gasteiger partial charge in [0.2, 0.25) is 0 Å². The molecule has 0 fully saturated rings. The fourth-order valence-corrected chi connectivity index (χ4v) is 1.42. The number of benzene rings is 1. The van der Waals surface area contributed by atoms with Crippen molar-refractivity contribution in [3.63, 3.8) is 0 Å². The number of fused-ring (bicyclic) bond motifs is 1. The fourth-order valence-electron chi connectivity index (χ4n) is 1.29. The second-order valence-electron chi connectivity index (χ2n) is 2.94. The Labute approximate surface area is 80.9 Å². The van der Waals surface area contributed by atoms with Gasteiger partial charge in [-0.15, -0.1) is 0 Å². The molecule has 2 aromatic rings. The van der Waals surface area contributed by atoms with Crippen molar-refractivity contribution in [2.45, 2.75) is 6.92 Å². The Morgan fingerprint density at radius 2 is 2.31 bits per heavy atom. The summed E-state index contributed by atoms with van der Waals surface area (Å²) in [6.45, 7) is 1.97. The van der Waals surface area contributed by atoms with Crippen molar-refractivity contribution in [3.8, 4) is 0 Å². The van der Waals surface area contributed by atoms with Crippen LogP contribution in [-0.2, 0) is 0 Å². The molecule has 0 unspecified atom stereocenters. The predicted octanol–water partition coefficient (Wildman–Crippen LogP) is 1.51. The van der Waals surface area contributed by atoms with Gasteiger partial charge in [-0.25, -0.2) is 0 Å². The zero-order valence-electron chi connectivity index (χ0n) is 7.16. The van der Waals surface area contributed by atoms with Gasteiger partial charge < -0.3 is 5.73 Å². The van der Waals surface area contributed by atoms with Crippen LogP contribution in [0.2, 0.25) is 0 Å². The summed E-state index contributed by atoms with van der Waals surface area (Å²) < 4.78 is 0. The third kappa shape index (κ3) is 1.29. The van der Waals surface area contributed by atoms with Gasteiger partial charge in [-0.1, -0.05) is 12.2 Å². The number of aryl methyl sites for hydroxylation is 1. The zero-order chi connectivity index (χ0) is 9.42. The second kappa shape index (κ2) is 2.81. The quantitative estimate of drug-likeness (QED) is 0.672. The summed E-state index contributed by atoms with van der Waals surface area (Å²) in [6, 6.07) is 5.74. The molecule has 4 heteroatoms. The number of aromatic amines is 1. The van der Waals surface area contributed by atoms with Gasteiger partial charge in [0.15, 0.2) is 0 Å². The molecule has 0 aliphatic carbocycles. The Hall–Kier alpha value is -1.42. The first-order valence-corrected chi connectivity index (χ1v) is 4.34. The van der Waals surface area contributed by atoms with Gasteiger partial charge in [0.25, 0.3) is 0 Å². The van der Waals surface area contributed by atoms with E-state index < -0.39 is 0 Å². The summed E-state index contributed by atoms with van der Waals surface area (Å²) >= 11 is 4.89. The summed E-state index contributed by atoms with van der Waals surface area (Å²) in [6.07, 6.45) is 0. The molecule has 1 aromatic heterocycles. The zero-order valence-corrected chi connectivity index (χ0v) is 7.98. The van der Waals surface area contributed by atoms with Crippen LogP contribution in [0.25, 0.3) is 10.9 Å². The third-order valence-corrected chi connectivity index (χ3v) is 2.26. The van der Waals surface area contributed by atoms with Crippen LogP contribution in [0, 0.1) is 6.92 Å². The van der Waals surface area contributed by atoms with Gasteiger partial charge in [0, 0.05) is 16.6 Å². The van der Waals surface area contributed by atoms with Gasteiger partial charge in [0.05, 0.1) is 5.52 Å². The molecule has 2 rings (SSSR count). The summed E-state index contributed by atoms with van der Waals surface area (Å²) in [5.41, 5.74) is 8.38. The molecule has 1 aromatic carbocycles. The average Bonchev–Trinajstić information content (AvgIpc) is 2.47. The molecule has 0 aliphatic heterocycles. The molecule has 3 N–H and O–H groups in total. The third-order valence-electron chi connectivity index (χ3n) is 2.03. The lowest BCUT2D eigenvalue weighted by molar-refractivity contribution is 1.07. The van der Waals surface area contributed by atoms with E-state index in [4.69, 9.17) is 18.0 Å². The molecule has 13 heavy (non-hydrogen) atoms. The molecule has 1 heterocycles. The van der Waals surface area contributed by atoms with Crippen molar-refractivity contribution >= 4 is 28.1 Å². The van der Waals surface area contributed by atoms with Crippen LogP contribution >= 0.6 is 12.2 Å². The van der Waals surface area contributed by atoms with Crippen LogP contribution in [0.4, 0.5) is 0 Å². The van der Waals surface area contributed by atoms with Crippen molar-refractivity contribution in [1.29, 1.82) is 0 Å². The number of hydrogen-bond donors (Lipinski definition) is 2. The van der Waals surface area contributed by atoms with Gasteiger partial charge in [0.1, 0.15) is 4.99 Å². The molecule has 0 bridgehead atoms. The normalized spacial score (nSPS) is 10.5. The maximum atomic E-state index is 5.52. The maximum Gasteiger partial charge on any atom is 0.104 e. The highest BCUT2D eigenvalue weighted by Gasteiger charge is 2.03. The van der Waals surface area contributed by atoms with Crippen molar-refractivity contribution in [1.82, 2.24) is 10.2 Å². The van der Waals surface area contributed by atoms with E-state index in [0.29, 0.717) is 4.99 Å². The summed E-state index contributed by atoms with van der Waals surface area (Å²) in [7, 11) is 0. The molecule has 0 atom stereocenters. The Balaban J connectivity index is 2.72. The summed E-state index contributed by atoms with van der Waals surface area (Å²) in [4.78, 5) is 0.419. The second-order valence-corrected chi connectivity index (χ2v) is 3.38. The van der Waals surface area contributed by atoms with Gasteiger partial charge >= 0.3 is 0 Å². The first-order valence-electron chi connectivity index (χ1n) is 3.93. The van der Waals surface area contributed by atoms with Gasteiger partial charge in [-0.05, 0) is 25.1 Å². The number of nitrogens with one attached hydrogen (secondary N) is 1. The minimum Gasteiger partial charge on any atom is -0.389 e. The monoisotopic (exact) mass is 191 g/mol. The molecular weight excluding hydrogens is 182 g/mol. The lowest BCUT2D eigenvalue weighted by Gasteiger charge is -1.97. The first-order chi connectivity index (χ1) is 6.18. The van der Waals surface area contributed by atoms with Crippen LogP contribution in [0.3, 0.4) is 0 Å². The van der Waals surface area contributed by atoms with E-state index in [0.717, 1.165) is 22.2 Å². The summed E-state index contributed by atoms with van der Waals surface area (Å²) in [5.74, 6) is 0. The molecule has 0 aliphatic rings. The molecule has 0 saturated heterocycles. The minimum absolute atomic E-state index is 0.419. The first kappa shape index (κ1) is 8.19. The largest absolute Gasteiger partial charge is 0.389 e. The number of rotatable bonds is 1. The molecule has 0 saturated carbocycles. The fraction of sp³-hybridized carbons (Fsp3) is 0.111. The Morgan fingerprint density at radius 1 is 1.54 bits per heavy atom. The minimum atomic E-state index is 0.419. The average molecular weight is 191 g/mol. The van der Waals surface area contributed by atoms with E-state index in [1.165, 1.54) is 0 Å². The number of aromatic nitrogens is 2. The SMILES string of the molecule is Cc1[nH]nc2ccc(C(N)=S)cc12. The van der Waals surface area contributed by atoms with Crippen LogP contribution in [0.1, 0.15) is 11.3 Å². The van der Waals surface area contributed by atoms with Crippen LogP contribution < -0.4 is 5.73 Å². The standard InChI is InChI=1S/C9H9N3S/c1-5-7-4-6(9(10)13)2-3-8(7)12-11-5/h2-4H,1H3,(H2,10,13)(H,11,12). The van der Waals surface area contributed by atoms with Crippen molar-refractivity contribution < 1.29 is 0 Å². The highest BCUT2D eigenvalue weighted by molar-refractivity contribution is 7.80. The number of hydrogen-bond acceptors (Lipinski definition) is 2. The topological polar surface area (TPSA) is 54.7 Å². The lowest BCUT2D eigenvalue weighted by atomic mass is 10.1. The maximum absolute atomic E-state index is 5.52. The molecule has 0 spiro atoms. The Morgan fingerprint density at radius 3 is 3.00 bits per heavy atom. The van der Waals surface area contributed by atoms with Crippen LogP contribution in [-0.4, -0.2) is 15.2 Å². The van der Waals surface area contributed by atoms with Gasteiger partial charge in [-0.3, -0.25) is 5.10 Å². The molecule has 0 radical (unpaired) electrons. The number of thiocarbonyl (C=S) groups is 1. The van der Waals surface area contributed by atoms with E-state index in [1.807, 2.05) is 25.1 Å². The van der Waals surface area contributed by atoms with Crippen molar-refractivity contribution in [3.05, 3.63) is 29.5 Å². The number of H-pyrrole nitrogens is 1. The van der Waals surface area contributed by atoms with Crippen LogP contribution in [0.15, 0.2) is 18.2 Å². The molecule has 3 nitrogen and oxygen atoms in total. The van der Waals surface area contributed by atoms with Crippen molar-refractivity contribution in [2.75, 3.05) is 0 Å². The lowest BCUT2D eigenvalue weighted by Crippen LogP contribution is -2.08. The van der Waals surface area contributed by atoms with E-state index in [1.54, 1.807) is 0 Å². The number of nitrogens with two attached hydrogens (primary N) is 1. The summed E-state index contributed by atoms with van der Waals surface area (Å²) in [5, 5.41) is 8.09. The van der Waals surface area contributed by atoms with E-state index in [9.17, 15) is 0 Å². The smallest absolute Gasteiger partial charge is 0.104 e.